The van der Waals surface area contributed by atoms with Crippen LogP contribution in [0.25, 0.3) is 0 Å². The molecule has 0 aromatic heterocycles. The largest absolute Gasteiger partial charge is 0.398 e. The van der Waals surface area contributed by atoms with Gasteiger partial charge in [0.05, 0.1) is 12.2 Å². The van der Waals surface area contributed by atoms with Crippen molar-refractivity contribution in [2.45, 2.75) is 24.7 Å². The van der Waals surface area contributed by atoms with E-state index in [1.807, 2.05) is 17.0 Å². The number of benzene rings is 1. The van der Waals surface area contributed by atoms with Crippen molar-refractivity contribution in [2.24, 2.45) is 0 Å². The van der Waals surface area contributed by atoms with Gasteiger partial charge in [0, 0.05) is 31.3 Å². The first-order valence-electron chi connectivity index (χ1n) is 6.85. The van der Waals surface area contributed by atoms with E-state index in [1.165, 1.54) is 6.42 Å². The number of carbonyl (C=O) groups excluding carboxylic acids is 1. The highest BCUT2D eigenvalue weighted by Gasteiger charge is 2.47. The Morgan fingerprint density at radius 3 is 2.84 bits per heavy atom. The van der Waals surface area contributed by atoms with Gasteiger partial charge in [-0.3, -0.25) is 4.79 Å². The van der Waals surface area contributed by atoms with Crippen molar-refractivity contribution in [2.75, 3.05) is 32.5 Å². The lowest BCUT2D eigenvalue weighted by Gasteiger charge is -2.49. The number of amides is 1. The van der Waals surface area contributed by atoms with Crippen LogP contribution in [0, 0.1) is 0 Å². The van der Waals surface area contributed by atoms with Crippen molar-refractivity contribution >= 4 is 11.6 Å². The maximum Gasteiger partial charge on any atom is 0.256 e. The molecule has 0 unspecified atom stereocenters. The van der Waals surface area contributed by atoms with Gasteiger partial charge in [0.15, 0.2) is 0 Å². The first kappa shape index (κ1) is 12.5. The van der Waals surface area contributed by atoms with E-state index in [4.69, 9.17) is 10.5 Å². The van der Waals surface area contributed by atoms with E-state index < -0.39 is 0 Å². The van der Waals surface area contributed by atoms with Gasteiger partial charge in [0.1, 0.15) is 0 Å². The van der Waals surface area contributed by atoms with Crippen molar-refractivity contribution in [3.63, 3.8) is 0 Å². The summed E-state index contributed by atoms with van der Waals surface area (Å²) in [7, 11) is 1.66. The van der Waals surface area contributed by atoms with E-state index in [-0.39, 0.29) is 11.3 Å². The molecule has 1 amide bonds. The molecule has 1 aromatic rings. The Kier molecular flexibility index (Phi) is 2.97. The lowest BCUT2D eigenvalue weighted by molar-refractivity contribution is 0.0515. The molecule has 19 heavy (non-hydrogen) atoms. The quantitative estimate of drug-likeness (QED) is 0.843. The van der Waals surface area contributed by atoms with Crippen LogP contribution in [-0.4, -0.2) is 37.6 Å². The summed E-state index contributed by atoms with van der Waals surface area (Å²) in [4.78, 5) is 14.5. The number of nitrogen functional groups attached to an aromatic ring is 1. The molecule has 1 spiro atoms. The topological polar surface area (TPSA) is 55.6 Å². The summed E-state index contributed by atoms with van der Waals surface area (Å²) in [5.74, 6) is 0.0580. The first-order valence-corrected chi connectivity index (χ1v) is 6.85. The number of hydrogen-bond acceptors (Lipinski definition) is 3. The molecule has 3 rings (SSSR count). The first-order chi connectivity index (χ1) is 9.18. The number of hydrogen-bond donors (Lipinski definition) is 1. The number of anilines is 1. The molecule has 1 aromatic carbocycles. The van der Waals surface area contributed by atoms with Crippen LogP contribution < -0.4 is 5.73 Å². The number of methoxy groups -OCH3 is 1. The maximum atomic E-state index is 12.6. The van der Waals surface area contributed by atoms with Gasteiger partial charge in [0.2, 0.25) is 0 Å². The molecule has 1 fully saturated rings. The Morgan fingerprint density at radius 2 is 2.21 bits per heavy atom. The van der Waals surface area contributed by atoms with Crippen molar-refractivity contribution in [1.29, 1.82) is 0 Å². The zero-order valence-electron chi connectivity index (χ0n) is 11.3. The number of nitrogens with two attached hydrogens (primary N) is 1. The molecule has 1 heterocycles. The SMILES string of the molecule is COCCN1CC2(CCC2)c2cccc(N)c2C1=O. The summed E-state index contributed by atoms with van der Waals surface area (Å²) in [5.41, 5.74) is 8.69. The second kappa shape index (κ2) is 4.53. The van der Waals surface area contributed by atoms with Gasteiger partial charge in [-0.05, 0) is 24.5 Å². The molecular formula is C15H20N2O2. The van der Waals surface area contributed by atoms with Crippen LogP contribution in [0.4, 0.5) is 5.69 Å². The molecule has 2 N–H and O–H groups in total. The van der Waals surface area contributed by atoms with Crippen LogP contribution in [0.1, 0.15) is 35.2 Å². The Labute approximate surface area is 113 Å². The molecule has 4 nitrogen and oxygen atoms in total. The van der Waals surface area contributed by atoms with E-state index in [0.717, 1.165) is 30.5 Å². The standard InChI is InChI=1S/C15H20N2O2/c1-19-9-8-17-10-15(6-3-7-15)11-4-2-5-12(16)13(11)14(17)18/h2,4-5H,3,6-10,16H2,1H3. The third-order valence-electron chi connectivity index (χ3n) is 4.54. The highest BCUT2D eigenvalue weighted by molar-refractivity contribution is 6.02. The van der Waals surface area contributed by atoms with Gasteiger partial charge >= 0.3 is 0 Å². The van der Waals surface area contributed by atoms with Gasteiger partial charge in [-0.2, -0.15) is 0 Å². The predicted octanol–water partition coefficient (Wildman–Crippen LogP) is 1.79. The number of fused-ring (bicyclic) bond motifs is 2. The van der Waals surface area contributed by atoms with E-state index in [9.17, 15) is 4.79 Å². The zero-order chi connectivity index (χ0) is 13.5. The molecule has 1 aliphatic carbocycles. The molecule has 4 heteroatoms. The van der Waals surface area contributed by atoms with E-state index in [1.54, 1.807) is 7.11 Å². The van der Waals surface area contributed by atoms with Crippen LogP contribution in [0.3, 0.4) is 0 Å². The average Bonchev–Trinajstić information content (AvgIpc) is 2.36. The van der Waals surface area contributed by atoms with Gasteiger partial charge in [-0.15, -0.1) is 0 Å². The normalized spacial score (nSPS) is 20.3. The predicted molar refractivity (Wildman–Crippen MR) is 74.2 cm³/mol. The fourth-order valence-corrected chi connectivity index (χ4v) is 3.34. The summed E-state index contributed by atoms with van der Waals surface area (Å²) >= 11 is 0. The molecular weight excluding hydrogens is 240 g/mol. The minimum absolute atomic E-state index is 0.0580. The third-order valence-corrected chi connectivity index (χ3v) is 4.54. The number of rotatable bonds is 3. The maximum absolute atomic E-state index is 12.6. The molecule has 2 aliphatic rings. The van der Waals surface area contributed by atoms with Gasteiger partial charge in [-0.25, -0.2) is 0 Å². The summed E-state index contributed by atoms with van der Waals surface area (Å²) in [6, 6.07) is 5.87. The van der Waals surface area contributed by atoms with Crippen LogP contribution in [-0.2, 0) is 10.2 Å². The average molecular weight is 260 g/mol. The minimum Gasteiger partial charge on any atom is -0.398 e. The Bertz CT molecular complexity index is 509. The number of carbonyl (C=O) groups is 1. The summed E-state index contributed by atoms with van der Waals surface area (Å²) < 4.78 is 5.11. The summed E-state index contributed by atoms with van der Waals surface area (Å²) in [6.07, 6.45) is 3.54. The van der Waals surface area contributed by atoms with Crippen LogP contribution in [0.15, 0.2) is 18.2 Å². The lowest BCUT2D eigenvalue weighted by atomic mass is 9.61. The van der Waals surface area contributed by atoms with Crippen LogP contribution in [0.2, 0.25) is 0 Å². The smallest absolute Gasteiger partial charge is 0.256 e. The second-order valence-electron chi connectivity index (χ2n) is 5.62. The lowest BCUT2D eigenvalue weighted by Crippen LogP contribution is -2.53. The Hall–Kier alpha value is -1.55. The summed E-state index contributed by atoms with van der Waals surface area (Å²) in [6.45, 7) is 2.03. The monoisotopic (exact) mass is 260 g/mol. The molecule has 0 saturated heterocycles. The second-order valence-corrected chi connectivity index (χ2v) is 5.62. The van der Waals surface area contributed by atoms with Crippen molar-refractivity contribution in [3.05, 3.63) is 29.3 Å². The van der Waals surface area contributed by atoms with Gasteiger partial charge < -0.3 is 15.4 Å². The van der Waals surface area contributed by atoms with Crippen molar-refractivity contribution in [3.8, 4) is 0 Å². The van der Waals surface area contributed by atoms with E-state index in [2.05, 4.69) is 6.07 Å². The number of ether oxygens (including phenoxy) is 1. The van der Waals surface area contributed by atoms with Gasteiger partial charge in [-0.1, -0.05) is 18.6 Å². The van der Waals surface area contributed by atoms with Crippen molar-refractivity contribution in [1.82, 2.24) is 4.90 Å². The Morgan fingerprint density at radius 1 is 1.42 bits per heavy atom. The molecule has 0 atom stereocenters. The van der Waals surface area contributed by atoms with Crippen LogP contribution in [0.5, 0.6) is 0 Å². The van der Waals surface area contributed by atoms with E-state index >= 15 is 0 Å². The van der Waals surface area contributed by atoms with E-state index in [0.29, 0.717) is 18.8 Å². The highest BCUT2D eigenvalue weighted by atomic mass is 16.5. The molecule has 0 radical (unpaired) electrons. The molecule has 0 bridgehead atoms. The van der Waals surface area contributed by atoms with Crippen molar-refractivity contribution < 1.29 is 9.53 Å². The number of nitrogens with zero attached hydrogens (tertiary/aromatic N) is 1. The Balaban J connectivity index is 2.02. The molecule has 102 valence electrons. The third kappa shape index (κ3) is 1.82. The fourth-order valence-electron chi connectivity index (χ4n) is 3.34. The fraction of sp³-hybridized carbons (Fsp3) is 0.533. The highest BCUT2D eigenvalue weighted by Crippen LogP contribution is 2.49. The van der Waals surface area contributed by atoms with Crippen LogP contribution >= 0.6 is 0 Å². The molecule has 1 saturated carbocycles. The summed E-state index contributed by atoms with van der Waals surface area (Å²) in [5, 5.41) is 0. The molecule has 1 aliphatic heterocycles. The minimum atomic E-state index is 0.0580. The van der Waals surface area contributed by atoms with Gasteiger partial charge in [0.25, 0.3) is 5.91 Å². The zero-order valence-corrected chi connectivity index (χ0v) is 11.3.